The van der Waals surface area contributed by atoms with Gasteiger partial charge in [-0.05, 0) is 36.4 Å². The van der Waals surface area contributed by atoms with Gasteiger partial charge >= 0.3 is 0 Å². The summed E-state index contributed by atoms with van der Waals surface area (Å²) in [6.45, 7) is -0.0550. The third-order valence-corrected chi connectivity index (χ3v) is 3.17. The van der Waals surface area contributed by atoms with Crippen molar-refractivity contribution in [3.05, 3.63) is 87.6 Å². The van der Waals surface area contributed by atoms with Gasteiger partial charge in [-0.1, -0.05) is 34.8 Å². The Morgan fingerprint density at radius 3 is 1.73 bits per heavy atom. The molecule has 3 rings (SSSR count). The minimum atomic E-state index is -0.0550. The first-order valence-electron chi connectivity index (χ1n) is 6.88. The zero-order chi connectivity index (χ0) is 18.5. The smallest absolute Gasteiger partial charge is 0.168 e. The Kier molecular flexibility index (Phi) is 13.4. The largest absolute Gasteiger partial charge is 0.390 e. The summed E-state index contributed by atoms with van der Waals surface area (Å²) in [6, 6.07) is 9.90. The summed E-state index contributed by atoms with van der Waals surface area (Å²) in [5.41, 5.74) is 0.963. The number of aromatic nitrogens is 3. The Bertz CT molecular complexity index is 777. The van der Waals surface area contributed by atoms with E-state index in [4.69, 9.17) is 39.9 Å². The molecule has 138 valence electrons. The van der Waals surface area contributed by atoms with Crippen LogP contribution in [0, 0.1) is 0 Å². The minimum Gasteiger partial charge on any atom is -0.390 e. The standard InChI is InChI=1S/C6H6ClNO.C6H4ClNO.C5H4ClN.ClH/c2*7-5-1-2-8-6(3-5)4-9;6-5-1-3-7-4-2-5;/h1-3,9H,4H2;1-4H;1-4H;1H. The van der Waals surface area contributed by atoms with Gasteiger partial charge in [-0.2, -0.15) is 0 Å². The van der Waals surface area contributed by atoms with E-state index in [1.54, 1.807) is 48.9 Å². The molecule has 0 unspecified atom stereocenters. The van der Waals surface area contributed by atoms with Crippen molar-refractivity contribution in [3.63, 3.8) is 0 Å². The van der Waals surface area contributed by atoms with Crippen molar-refractivity contribution >= 4 is 53.5 Å². The van der Waals surface area contributed by atoms with E-state index in [0.29, 0.717) is 27.7 Å². The van der Waals surface area contributed by atoms with Crippen LogP contribution >= 0.6 is 47.2 Å². The van der Waals surface area contributed by atoms with Gasteiger partial charge in [0, 0.05) is 39.9 Å². The molecule has 0 aliphatic carbocycles. The molecule has 0 aliphatic heterocycles. The second kappa shape index (κ2) is 14.4. The molecule has 0 spiro atoms. The summed E-state index contributed by atoms with van der Waals surface area (Å²) in [5.74, 6) is 0. The molecule has 0 bridgehead atoms. The summed E-state index contributed by atoms with van der Waals surface area (Å²) >= 11 is 16.6. The summed E-state index contributed by atoms with van der Waals surface area (Å²) in [5, 5.41) is 10.4. The van der Waals surface area contributed by atoms with Gasteiger partial charge in [-0.3, -0.25) is 19.7 Å². The van der Waals surface area contributed by atoms with Crippen LogP contribution in [0.2, 0.25) is 15.1 Å². The van der Waals surface area contributed by atoms with Crippen LogP contribution in [0.5, 0.6) is 0 Å². The maximum Gasteiger partial charge on any atom is 0.168 e. The predicted octanol–water partition coefficient (Wildman–Crippen LogP) is 4.93. The highest BCUT2D eigenvalue weighted by molar-refractivity contribution is 6.31. The third kappa shape index (κ3) is 11.0. The first-order chi connectivity index (χ1) is 12.0. The van der Waals surface area contributed by atoms with Crippen LogP contribution in [-0.4, -0.2) is 26.3 Å². The molecule has 0 saturated carbocycles. The first kappa shape index (κ1) is 24.2. The molecule has 0 aliphatic rings. The summed E-state index contributed by atoms with van der Waals surface area (Å²) in [4.78, 5) is 21.3. The van der Waals surface area contributed by atoms with Crippen LogP contribution in [0.15, 0.2) is 61.2 Å². The maximum absolute atomic E-state index is 10.0. The number of carbonyl (C=O) groups is 1. The molecule has 0 fully saturated rings. The lowest BCUT2D eigenvalue weighted by Crippen LogP contribution is -1.85. The number of rotatable bonds is 2. The number of halogens is 4. The minimum absolute atomic E-state index is 0. The molecule has 0 aromatic carbocycles. The van der Waals surface area contributed by atoms with E-state index in [-0.39, 0.29) is 19.0 Å². The number of pyridine rings is 3. The number of carbonyl (C=O) groups excluding carboxylic acids is 1. The van der Waals surface area contributed by atoms with Gasteiger partial charge < -0.3 is 5.11 Å². The van der Waals surface area contributed by atoms with Gasteiger partial charge in [0.05, 0.1) is 12.3 Å². The second-order valence-electron chi connectivity index (χ2n) is 4.31. The topological polar surface area (TPSA) is 76.0 Å². The Hall–Kier alpha value is -1.76. The van der Waals surface area contributed by atoms with Crippen molar-refractivity contribution in [2.24, 2.45) is 0 Å². The van der Waals surface area contributed by atoms with E-state index in [9.17, 15) is 4.79 Å². The van der Waals surface area contributed by atoms with Gasteiger partial charge in [0.2, 0.25) is 0 Å². The SMILES string of the molecule is Cl.Clc1ccncc1.O=Cc1cc(Cl)ccn1.OCc1cc(Cl)ccn1. The lowest BCUT2D eigenvalue weighted by atomic mass is 10.4. The Morgan fingerprint density at radius 1 is 0.846 bits per heavy atom. The number of aliphatic hydroxyl groups excluding tert-OH is 1. The number of aldehydes is 1. The molecule has 3 aromatic heterocycles. The lowest BCUT2D eigenvalue weighted by molar-refractivity contribution is 0.111. The van der Waals surface area contributed by atoms with Gasteiger partial charge in [0.15, 0.2) is 6.29 Å². The molecular formula is C17H15Cl4N3O2. The van der Waals surface area contributed by atoms with Crippen LogP contribution in [-0.2, 0) is 6.61 Å². The highest BCUT2D eigenvalue weighted by Crippen LogP contribution is 2.07. The molecule has 5 nitrogen and oxygen atoms in total. The molecule has 0 saturated heterocycles. The zero-order valence-corrected chi connectivity index (χ0v) is 16.4. The normalized spacial score (nSPS) is 8.77. The molecule has 3 aromatic rings. The van der Waals surface area contributed by atoms with Gasteiger partial charge in [0.25, 0.3) is 0 Å². The Balaban J connectivity index is 0.000000357. The first-order valence-corrected chi connectivity index (χ1v) is 8.02. The second-order valence-corrected chi connectivity index (χ2v) is 5.62. The monoisotopic (exact) mass is 433 g/mol. The van der Waals surface area contributed by atoms with Crippen LogP contribution in [0.25, 0.3) is 0 Å². The van der Waals surface area contributed by atoms with Crippen LogP contribution in [0.4, 0.5) is 0 Å². The van der Waals surface area contributed by atoms with Crippen LogP contribution in [0.1, 0.15) is 16.2 Å². The predicted molar refractivity (Wildman–Crippen MR) is 106 cm³/mol. The highest BCUT2D eigenvalue weighted by atomic mass is 35.5. The zero-order valence-electron chi connectivity index (χ0n) is 13.3. The number of nitrogens with zero attached hydrogens (tertiary/aromatic N) is 3. The highest BCUT2D eigenvalue weighted by Gasteiger charge is 1.90. The fourth-order valence-electron chi connectivity index (χ4n) is 1.35. The number of aliphatic hydroxyl groups is 1. The van der Waals surface area contributed by atoms with E-state index < -0.39 is 0 Å². The molecular weight excluding hydrogens is 420 g/mol. The van der Waals surface area contributed by atoms with Gasteiger partial charge in [0.1, 0.15) is 5.69 Å². The average Bonchev–Trinajstić information content (AvgIpc) is 2.63. The molecule has 0 radical (unpaired) electrons. The maximum atomic E-state index is 10.0. The molecule has 9 heteroatoms. The average molecular weight is 435 g/mol. The molecule has 3 heterocycles. The molecule has 0 atom stereocenters. The summed E-state index contributed by atoms with van der Waals surface area (Å²) < 4.78 is 0. The molecule has 1 N–H and O–H groups in total. The summed E-state index contributed by atoms with van der Waals surface area (Å²) in [7, 11) is 0. The fourth-order valence-corrected chi connectivity index (χ4v) is 1.82. The van der Waals surface area contributed by atoms with Crippen LogP contribution < -0.4 is 0 Å². The van der Waals surface area contributed by atoms with Crippen molar-refractivity contribution in [2.75, 3.05) is 0 Å². The van der Waals surface area contributed by atoms with E-state index in [0.717, 1.165) is 5.02 Å². The van der Waals surface area contributed by atoms with E-state index in [2.05, 4.69) is 15.0 Å². The quantitative estimate of drug-likeness (QED) is 0.578. The van der Waals surface area contributed by atoms with E-state index in [1.165, 1.54) is 12.3 Å². The Morgan fingerprint density at radius 2 is 1.38 bits per heavy atom. The third-order valence-electron chi connectivity index (χ3n) is 2.44. The number of hydrogen-bond donors (Lipinski definition) is 1. The van der Waals surface area contributed by atoms with Crippen molar-refractivity contribution in [2.45, 2.75) is 6.61 Å². The van der Waals surface area contributed by atoms with Crippen molar-refractivity contribution in [1.82, 2.24) is 15.0 Å². The number of hydrogen-bond acceptors (Lipinski definition) is 5. The molecule has 26 heavy (non-hydrogen) atoms. The van der Waals surface area contributed by atoms with E-state index in [1.807, 2.05) is 0 Å². The summed E-state index contributed by atoms with van der Waals surface area (Å²) in [6.07, 6.45) is 7.02. The molecule has 0 amide bonds. The van der Waals surface area contributed by atoms with Gasteiger partial charge in [-0.25, -0.2) is 0 Å². The lowest BCUT2D eigenvalue weighted by Gasteiger charge is -1.92. The van der Waals surface area contributed by atoms with Crippen LogP contribution in [0.3, 0.4) is 0 Å². The van der Waals surface area contributed by atoms with Crippen molar-refractivity contribution < 1.29 is 9.90 Å². The fraction of sp³-hybridized carbons (Fsp3) is 0.0588. The Labute approximate surface area is 172 Å². The van der Waals surface area contributed by atoms with Crippen molar-refractivity contribution in [1.29, 1.82) is 0 Å². The van der Waals surface area contributed by atoms with Gasteiger partial charge in [-0.15, -0.1) is 12.4 Å². The van der Waals surface area contributed by atoms with E-state index >= 15 is 0 Å². The van der Waals surface area contributed by atoms with Crippen molar-refractivity contribution in [3.8, 4) is 0 Å².